The number of hydrogen-bond donors (Lipinski definition) is 3. The van der Waals surface area contributed by atoms with Gasteiger partial charge in [0.25, 0.3) is 5.91 Å². The van der Waals surface area contributed by atoms with Crippen molar-refractivity contribution in [2.45, 2.75) is 46.2 Å². The third kappa shape index (κ3) is 5.84. The van der Waals surface area contributed by atoms with E-state index in [9.17, 15) is 9.59 Å². The molecule has 182 valence electrons. The van der Waals surface area contributed by atoms with Crippen molar-refractivity contribution in [2.24, 2.45) is 0 Å². The highest BCUT2D eigenvalue weighted by Gasteiger charge is 2.20. The normalized spacial score (nSPS) is 12.7. The molecule has 0 bridgehead atoms. The number of carbonyl (C=O) groups is 2. The molecule has 4 rings (SSSR count). The summed E-state index contributed by atoms with van der Waals surface area (Å²) >= 11 is 0. The lowest BCUT2D eigenvalue weighted by Crippen LogP contribution is -2.42. The zero-order valence-corrected chi connectivity index (χ0v) is 20.6. The van der Waals surface area contributed by atoms with Gasteiger partial charge in [-0.25, -0.2) is 9.97 Å². The molecular weight excluding hydrogens is 440 g/mol. The molecule has 2 amide bonds. The Kier molecular flexibility index (Phi) is 7.41. The van der Waals surface area contributed by atoms with Crippen LogP contribution in [-0.4, -0.2) is 51.9 Å². The van der Waals surface area contributed by atoms with Crippen molar-refractivity contribution in [1.82, 2.24) is 20.2 Å². The van der Waals surface area contributed by atoms with E-state index in [1.54, 1.807) is 18.3 Å². The fourth-order valence-corrected chi connectivity index (χ4v) is 4.34. The van der Waals surface area contributed by atoms with Crippen LogP contribution in [0.15, 0.2) is 54.7 Å². The molecule has 0 spiro atoms. The lowest BCUT2D eigenvalue weighted by molar-refractivity contribution is -0.115. The number of carbonyl (C=O) groups excluding carboxylic acids is 2. The van der Waals surface area contributed by atoms with Gasteiger partial charge in [0.05, 0.1) is 17.8 Å². The number of fused-ring (bicyclic) bond motifs is 3. The van der Waals surface area contributed by atoms with Gasteiger partial charge in [0.2, 0.25) is 11.9 Å². The molecule has 0 atom stereocenters. The summed E-state index contributed by atoms with van der Waals surface area (Å²) in [5.74, 6) is 0.238. The molecule has 3 N–H and O–H groups in total. The summed E-state index contributed by atoms with van der Waals surface area (Å²) in [5, 5.41) is 9.12. The van der Waals surface area contributed by atoms with Gasteiger partial charge in [-0.2, -0.15) is 0 Å². The zero-order chi connectivity index (χ0) is 24.9. The summed E-state index contributed by atoms with van der Waals surface area (Å²) in [6.07, 6.45) is 1.91. The van der Waals surface area contributed by atoms with Crippen molar-refractivity contribution in [1.29, 1.82) is 0 Å². The van der Waals surface area contributed by atoms with Gasteiger partial charge in [-0.05, 0) is 58.0 Å². The number of amides is 2. The number of benzene rings is 2. The molecule has 1 aromatic heterocycles. The topological polar surface area (TPSA) is 99.2 Å². The Morgan fingerprint density at radius 3 is 2.49 bits per heavy atom. The van der Waals surface area contributed by atoms with Gasteiger partial charge in [-0.15, -0.1) is 0 Å². The van der Waals surface area contributed by atoms with Crippen LogP contribution in [0, 0.1) is 0 Å². The first kappa shape index (κ1) is 24.3. The first-order valence-electron chi connectivity index (χ1n) is 12.0. The van der Waals surface area contributed by atoms with Gasteiger partial charge in [-0.1, -0.05) is 18.2 Å². The van der Waals surface area contributed by atoms with E-state index in [1.807, 2.05) is 36.4 Å². The van der Waals surface area contributed by atoms with Crippen molar-refractivity contribution in [3.8, 4) is 11.3 Å². The van der Waals surface area contributed by atoms with Gasteiger partial charge in [0.1, 0.15) is 0 Å². The highest BCUT2D eigenvalue weighted by Crippen LogP contribution is 2.32. The second kappa shape index (κ2) is 10.7. The summed E-state index contributed by atoms with van der Waals surface area (Å²) in [7, 11) is 0. The van der Waals surface area contributed by atoms with Crippen LogP contribution in [-0.2, 0) is 11.2 Å². The fourth-order valence-electron chi connectivity index (χ4n) is 4.34. The molecular formula is C27H32N6O2. The molecule has 8 nitrogen and oxygen atoms in total. The van der Waals surface area contributed by atoms with E-state index in [2.05, 4.69) is 58.5 Å². The van der Waals surface area contributed by atoms with Crippen LogP contribution in [0.2, 0.25) is 0 Å². The summed E-state index contributed by atoms with van der Waals surface area (Å²) in [6.45, 7) is 10.1. The Morgan fingerprint density at radius 2 is 1.77 bits per heavy atom. The number of para-hydroxylation sites is 1. The Hall–Kier alpha value is -3.78. The number of aromatic nitrogens is 2. The van der Waals surface area contributed by atoms with Crippen molar-refractivity contribution < 1.29 is 9.59 Å². The van der Waals surface area contributed by atoms with Crippen LogP contribution in [0.5, 0.6) is 0 Å². The fraction of sp³-hybridized carbons (Fsp3) is 0.333. The van der Waals surface area contributed by atoms with E-state index >= 15 is 0 Å². The van der Waals surface area contributed by atoms with E-state index in [4.69, 9.17) is 0 Å². The number of nitrogens with one attached hydrogen (secondary N) is 3. The smallest absolute Gasteiger partial charge is 0.251 e. The van der Waals surface area contributed by atoms with Gasteiger partial charge < -0.3 is 16.0 Å². The first-order valence-corrected chi connectivity index (χ1v) is 12.0. The summed E-state index contributed by atoms with van der Waals surface area (Å²) < 4.78 is 0. The molecule has 3 aromatic rings. The lowest BCUT2D eigenvalue weighted by Gasteiger charge is -2.30. The van der Waals surface area contributed by atoms with E-state index < -0.39 is 0 Å². The number of hydrogen-bond acceptors (Lipinski definition) is 6. The second-order valence-corrected chi connectivity index (χ2v) is 9.22. The van der Waals surface area contributed by atoms with E-state index in [1.165, 1.54) is 0 Å². The minimum atomic E-state index is -0.0981. The largest absolute Gasteiger partial charge is 0.351 e. The average Bonchev–Trinajstić information content (AvgIpc) is 2.97. The van der Waals surface area contributed by atoms with E-state index in [0.717, 1.165) is 34.7 Å². The molecule has 0 radical (unpaired) electrons. The zero-order valence-electron chi connectivity index (χ0n) is 20.6. The van der Waals surface area contributed by atoms with Crippen LogP contribution < -0.4 is 16.0 Å². The minimum Gasteiger partial charge on any atom is -0.351 e. The van der Waals surface area contributed by atoms with Crippen molar-refractivity contribution in [2.75, 3.05) is 23.7 Å². The maximum Gasteiger partial charge on any atom is 0.251 e. The SMILES string of the molecule is CC(C)N(CCNC(=O)c1ccc(Nc2ncc3c(n2)-c2ccccc2NC(=O)C3)cc1)C(C)C. The van der Waals surface area contributed by atoms with Crippen LogP contribution >= 0.6 is 0 Å². The van der Waals surface area contributed by atoms with E-state index in [-0.39, 0.29) is 18.2 Å². The highest BCUT2D eigenvalue weighted by molar-refractivity contribution is 6.00. The average molecular weight is 473 g/mol. The van der Waals surface area contributed by atoms with Gasteiger partial charge in [0, 0.05) is 53.7 Å². The first-order chi connectivity index (χ1) is 16.8. The molecule has 1 aliphatic heterocycles. The third-order valence-electron chi connectivity index (χ3n) is 6.06. The quantitative estimate of drug-likeness (QED) is 0.454. The lowest BCUT2D eigenvalue weighted by atomic mass is 10.1. The van der Waals surface area contributed by atoms with Crippen LogP contribution in [0.1, 0.15) is 43.6 Å². The van der Waals surface area contributed by atoms with Crippen LogP contribution in [0.4, 0.5) is 17.3 Å². The van der Waals surface area contributed by atoms with Gasteiger partial charge >= 0.3 is 0 Å². The minimum absolute atomic E-state index is 0.0875. The molecule has 1 aliphatic rings. The molecule has 8 heteroatoms. The Balaban J connectivity index is 1.42. The highest BCUT2D eigenvalue weighted by atomic mass is 16.2. The molecule has 0 saturated carbocycles. The van der Waals surface area contributed by atoms with Crippen LogP contribution in [0.3, 0.4) is 0 Å². The Labute approximate surface area is 206 Å². The molecule has 0 fully saturated rings. The molecule has 2 heterocycles. The molecule has 0 aliphatic carbocycles. The summed E-state index contributed by atoms with van der Waals surface area (Å²) in [6, 6.07) is 15.7. The number of anilines is 3. The van der Waals surface area contributed by atoms with Crippen LogP contribution in [0.25, 0.3) is 11.3 Å². The second-order valence-electron chi connectivity index (χ2n) is 9.22. The van der Waals surface area contributed by atoms with E-state index in [0.29, 0.717) is 30.1 Å². The van der Waals surface area contributed by atoms with Crippen molar-refractivity contribution in [3.63, 3.8) is 0 Å². The summed E-state index contributed by atoms with van der Waals surface area (Å²) in [4.78, 5) is 36.2. The van der Waals surface area contributed by atoms with Gasteiger partial charge in [0.15, 0.2) is 0 Å². The van der Waals surface area contributed by atoms with Gasteiger partial charge in [-0.3, -0.25) is 14.5 Å². The maximum absolute atomic E-state index is 12.6. The standard InChI is InChI=1S/C27H32N6O2/c1-17(2)33(18(3)4)14-13-28-26(35)19-9-11-21(12-10-19)30-27-29-16-20-15-24(34)31-23-8-6-5-7-22(23)25(20)32-27/h5-12,16-18H,13-15H2,1-4H3,(H,28,35)(H,31,34)(H,29,30,32). The number of nitrogens with zero attached hydrogens (tertiary/aromatic N) is 3. The molecule has 0 saturated heterocycles. The third-order valence-corrected chi connectivity index (χ3v) is 6.06. The predicted octanol–water partition coefficient (Wildman–Crippen LogP) is 4.23. The monoisotopic (exact) mass is 472 g/mol. The molecule has 35 heavy (non-hydrogen) atoms. The van der Waals surface area contributed by atoms with Crippen molar-refractivity contribution >= 4 is 29.1 Å². The maximum atomic E-state index is 12.6. The number of rotatable bonds is 8. The Morgan fingerprint density at radius 1 is 1.06 bits per heavy atom. The Bertz CT molecular complexity index is 1200. The molecule has 0 unspecified atom stereocenters. The molecule has 2 aromatic carbocycles. The van der Waals surface area contributed by atoms with Crippen molar-refractivity contribution in [3.05, 3.63) is 65.9 Å². The summed E-state index contributed by atoms with van der Waals surface area (Å²) in [5.41, 5.74) is 4.46. The predicted molar refractivity (Wildman–Crippen MR) is 139 cm³/mol.